The Bertz CT molecular complexity index is 6040. The molecule has 6 bridgehead atoms. The van der Waals surface area contributed by atoms with Gasteiger partial charge in [0, 0.05) is 118 Å². The van der Waals surface area contributed by atoms with Gasteiger partial charge in [0.2, 0.25) is 35.4 Å². The molecule has 3 aromatic carbocycles. The maximum Gasteiger partial charge on any atom is 0.408 e. The molecule has 789 valence electrons. The van der Waals surface area contributed by atoms with Crippen molar-refractivity contribution in [3.05, 3.63) is 145 Å². The number of hydrogen-bond donors (Lipinski definition) is 3. The summed E-state index contributed by atoms with van der Waals surface area (Å²) in [5.74, 6) is 2.76. The summed E-state index contributed by atoms with van der Waals surface area (Å²) in [7, 11) is 0. The van der Waals surface area contributed by atoms with E-state index in [9.17, 15) is 43.2 Å². The zero-order valence-electron chi connectivity index (χ0n) is 86.8. The number of ether oxygens (including phenoxy) is 9. The second-order valence-corrected chi connectivity index (χ2v) is 44.6. The summed E-state index contributed by atoms with van der Waals surface area (Å²) in [6.07, 6.45) is 36.4. The number of benzene rings is 3. The van der Waals surface area contributed by atoms with E-state index < -0.39 is 100 Å². The molecule has 6 aromatic heterocycles. The van der Waals surface area contributed by atoms with Crippen molar-refractivity contribution in [3.63, 3.8) is 0 Å². The first-order valence-electron chi connectivity index (χ1n) is 51.5. The molecule has 9 aromatic rings. The minimum atomic E-state index is -0.930. The summed E-state index contributed by atoms with van der Waals surface area (Å²) in [6, 6.07) is 11.4. The predicted molar refractivity (Wildman–Crippen MR) is 535 cm³/mol. The van der Waals surface area contributed by atoms with Crippen LogP contribution in [0.25, 0.3) is 33.1 Å². The zero-order chi connectivity index (χ0) is 102. The Labute approximate surface area is 901 Å². The van der Waals surface area contributed by atoms with Gasteiger partial charge in [-0.1, -0.05) is 140 Å². The molecule has 39 heteroatoms. The summed E-state index contributed by atoms with van der Waals surface area (Å²) in [5, 5.41) is 8.61. The number of carbonyl (C=O) groups excluding carboxylic acids is 9. The van der Waals surface area contributed by atoms with Gasteiger partial charge in [0.15, 0.2) is 0 Å². The Morgan fingerprint density at radius 3 is 1.11 bits per heavy atom. The fourth-order valence-electron chi connectivity index (χ4n) is 22.0. The molecule has 3 radical (unpaired) electrons. The fourth-order valence-corrected chi connectivity index (χ4v) is 22.0. The van der Waals surface area contributed by atoms with E-state index in [0.717, 1.165) is 132 Å². The Hall–Kier alpha value is -11.3. The largest absolute Gasteiger partial charge is 0.540 e. The van der Waals surface area contributed by atoms with Crippen LogP contribution < -0.4 is 44.4 Å². The molecule has 0 spiro atoms. The summed E-state index contributed by atoms with van der Waals surface area (Å²) >= 11 is 0. The molecule has 10 aliphatic rings. The van der Waals surface area contributed by atoms with E-state index in [2.05, 4.69) is 64.7 Å². The third-order valence-corrected chi connectivity index (χ3v) is 30.8. The van der Waals surface area contributed by atoms with Gasteiger partial charge in [0.25, 0.3) is 0 Å². The molecule has 4 saturated carbocycles. The molecule has 4 aliphatic carbocycles. The van der Waals surface area contributed by atoms with Crippen molar-refractivity contribution in [2.75, 3.05) is 19.6 Å². The average molecular weight is 2140 g/mol. The first-order valence-corrected chi connectivity index (χ1v) is 51.5. The van der Waals surface area contributed by atoms with Gasteiger partial charge < -0.3 is 87.7 Å². The second-order valence-electron chi connectivity index (χ2n) is 44.6. The summed E-state index contributed by atoms with van der Waals surface area (Å²) < 4.78 is 55.7. The Kier molecular flexibility index (Phi) is 36.7. The van der Waals surface area contributed by atoms with E-state index in [-0.39, 0.29) is 150 Å². The van der Waals surface area contributed by atoms with Crippen LogP contribution in [0, 0.1) is 63.6 Å². The zero-order valence-corrected chi connectivity index (χ0v) is 91.0. The van der Waals surface area contributed by atoms with Crippen LogP contribution in [-0.2, 0) is 138 Å². The van der Waals surface area contributed by atoms with Gasteiger partial charge in [-0.2, -0.15) is 0 Å². The quantitative estimate of drug-likeness (QED) is 0.0755. The maximum absolute atomic E-state index is 14.2. The third-order valence-electron chi connectivity index (χ3n) is 30.8. The minimum Gasteiger partial charge on any atom is -0.540 e. The summed E-state index contributed by atoms with van der Waals surface area (Å²) in [4.78, 5) is 179. The van der Waals surface area contributed by atoms with Gasteiger partial charge >= 0.3 is 18.3 Å². The third kappa shape index (κ3) is 26.6. The number of aryl methyl sites for hydroxylation is 3. The van der Waals surface area contributed by atoms with E-state index in [4.69, 9.17) is 72.5 Å². The van der Waals surface area contributed by atoms with Crippen LogP contribution in [-0.4, -0.2) is 221 Å². The first kappa shape index (κ1) is 112. The molecular formula is C109H137N18O18V3-3. The molecule has 19 rings (SSSR count). The standard InChI is InChI=1S/C37H45N6O6.C37H47N6O6.C35H43N6O6.3V.H2/c1-21-30(19-44)43-18-32(21)48-34-28(40-27-11-10-24(16-29(27)41-34)47-20-23-17-38-12-13-39-23)9-7-5-6-8-25-26-14-22(26)15-31(25)49-36(46)42-33(35(43)45)37(2,3)4;1-23-30(21-44)43-20-31(23)48-33-28(40-27-14-13-26(18-29(27)41-33)47-22-25-19-38-16-17-39-25)12-8-6-7-10-24-11-9-15-37(24,5)49-35(46)42-32(34(43)45)36(2,3)4;1-21-28(19-42)41-18-29(21)46-31-26(38-25-12-11-24(15-27(25)39-31)45-20-23-17-36-13-14-37-23)10-8-6-7-9-22-16-35(22,5)47-33(44)40-30(32(41)43)34(2,3)4;;;;/h10-13,16-17,21-22,25-26,30-33H,5-9,14-15,18,20H2,1-4H3,(H,42,46);13-14,16-19,23-24,30-32H,6-12,15,20,22H2,1-5H3,(H,42,46);11-15,17,21-22,28-30H,6-10,16,18,20H2,1-5H3,(H,40,44);;;;1H/q3*-1;;;;/t21-,22?,25+,26?,30+,31+,32-,33+;23-,24+,30+,31-,32+,37+;21-,22+,28+,29-,30+,35+;;;;/m000..../s1. The van der Waals surface area contributed by atoms with Crippen LogP contribution in [0.4, 0.5) is 14.4 Å². The van der Waals surface area contributed by atoms with Crippen molar-refractivity contribution in [3.8, 4) is 34.9 Å². The number of nitrogens with one attached hydrogen (secondary N) is 3. The number of rotatable bonds is 12. The molecule has 7 fully saturated rings. The molecule has 3 N–H and O–H groups in total. The van der Waals surface area contributed by atoms with Crippen molar-refractivity contribution in [2.24, 2.45) is 63.6 Å². The average Bonchev–Trinajstić information content (AvgIpc) is 1.58. The van der Waals surface area contributed by atoms with Crippen LogP contribution in [0.3, 0.4) is 0 Å². The fraction of sp³-hybridized carbons (Fsp3) is 0.587. The van der Waals surface area contributed by atoms with Gasteiger partial charge in [-0.15, -0.1) is 0 Å². The number of alkyl carbamates (subject to hydrolysis) is 3. The van der Waals surface area contributed by atoms with Crippen molar-refractivity contribution in [1.82, 2.24) is 90.5 Å². The number of hydrogen-bond acceptors (Lipinski definition) is 30. The van der Waals surface area contributed by atoms with Crippen molar-refractivity contribution in [2.45, 2.75) is 323 Å². The Balaban J connectivity index is 0.000000184. The van der Waals surface area contributed by atoms with Gasteiger partial charge in [-0.05, 0) is 204 Å². The molecule has 12 heterocycles. The van der Waals surface area contributed by atoms with Crippen molar-refractivity contribution < 1.29 is 143 Å². The van der Waals surface area contributed by atoms with Gasteiger partial charge in [-0.3, -0.25) is 44.3 Å². The SMILES string of the molecule is C[C@@H]1[C@@H]2CN(C(=O)[C@H](C(C)(C)C)NC(=O)O[C@@H]3CC4CC4[C@H]3CCCCCc3nc4ccc(OCc5cnccn5)cc4nc3O2)[C@@H]1[C-]=O.C[C@@H]1[C@@H]2CN(C(=O)[C@H](C(C)(C)C)NC(=O)O[C@]3(C)CCC[C@H]3CCCCCc3nc4ccc(OCc5cnccn5)cc4nc3O2)[C@@H]1[C-]=O.C[C@@H]1[C@@H]2CN(C(=O)[C@H](C(C)(C)C)NC(=O)O[C@]3(C)C[C@H]3CCCCCc3nc4ccc(OCc5cnccn5)cc4nc3O2)[C@@H]1[C-]=O.[HH].[V].[V].[V]. The van der Waals surface area contributed by atoms with E-state index in [0.29, 0.717) is 117 Å². The molecule has 6 aliphatic heterocycles. The Morgan fingerprint density at radius 1 is 0.399 bits per heavy atom. The molecule has 20 atom stereocenters. The molecule has 2 unspecified atom stereocenters. The first-order chi connectivity index (χ1) is 69.5. The predicted octanol–water partition coefficient (Wildman–Crippen LogP) is 15.5. The van der Waals surface area contributed by atoms with Crippen LogP contribution in [0.5, 0.6) is 34.9 Å². The van der Waals surface area contributed by atoms with Gasteiger partial charge in [0.05, 0.1) is 88.4 Å². The van der Waals surface area contributed by atoms with Crippen LogP contribution in [0.15, 0.2) is 110 Å². The normalized spacial score (nSPS) is 28.5. The van der Waals surface area contributed by atoms with E-state index >= 15 is 0 Å². The van der Waals surface area contributed by atoms with Crippen molar-refractivity contribution in [1.29, 1.82) is 0 Å². The topological polar surface area (TPSA) is 437 Å². The van der Waals surface area contributed by atoms with Crippen LogP contribution >= 0.6 is 0 Å². The number of carbonyl (C=O) groups is 6. The second kappa shape index (κ2) is 48.3. The number of aromatic nitrogens is 12. The summed E-state index contributed by atoms with van der Waals surface area (Å²) in [5.41, 5.74) is 5.18. The number of amides is 6. The van der Waals surface area contributed by atoms with Gasteiger partial charge in [0.1, 0.15) is 108 Å². The number of nitrogens with zero attached hydrogens (tertiary/aromatic N) is 15. The van der Waals surface area contributed by atoms with Crippen LogP contribution in [0.2, 0.25) is 0 Å². The minimum absolute atomic E-state index is 0. The molecule has 3 saturated heterocycles. The number of fused-ring (bicyclic) bond motifs is 17. The van der Waals surface area contributed by atoms with Crippen LogP contribution in [0.1, 0.15) is 248 Å². The molecule has 36 nitrogen and oxygen atoms in total. The molecule has 148 heavy (non-hydrogen) atoms. The van der Waals surface area contributed by atoms with Crippen molar-refractivity contribution >= 4 is 88.0 Å². The molecular weight excluding hydrogens is 2000 g/mol. The Morgan fingerprint density at radius 2 is 0.750 bits per heavy atom. The monoisotopic (exact) mass is 2140 g/mol. The van der Waals surface area contributed by atoms with Gasteiger partial charge in [-0.25, -0.2) is 63.1 Å². The van der Waals surface area contributed by atoms with E-state index in [1.807, 2.05) is 152 Å². The van der Waals surface area contributed by atoms with E-state index in [1.165, 1.54) is 21.1 Å². The van der Waals surface area contributed by atoms with E-state index in [1.54, 1.807) is 55.8 Å². The smallest absolute Gasteiger partial charge is 0.408 e. The molecule has 6 amide bonds. The maximum atomic E-state index is 14.2. The summed E-state index contributed by atoms with van der Waals surface area (Å²) in [6.45, 7) is 27.7.